The molecule has 2 aliphatic rings. The summed E-state index contributed by atoms with van der Waals surface area (Å²) in [5.74, 6) is 0.0407. The number of nitrogens with zero attached hydrogens (tertiary/aromatic N) is 2. The summed E-state index contributed by atoms with van der Waals surface area (Å²) in [7, 11) is 0. The SMILES string of the molecule is O=C1CCC(C(=O)N2CCN(Cc3ccccc3Cl)CC2)N1. The van der Waals surface area contributed by atoms with E-state index >= 15 is 0 Å². The molecule has 2 fully saturated rings. The highest BCUT2D eigenvalue weighted by Crippen LogP contribution is 2.18. The highest BCUT2D eigenvalue weighted by Gasteiger charge is 2.32. The molecule has 2 saturated heterocycles. The van der Waals surface area contributed by atoms with Crippen LogP contribution in [-0.2, 0) is 16.1 Å². The maximum Gasteiger partial charge on any atom is 0.245 e. The van der Waals surface area contributed by atoms with Gasteiger partial charge in [0.15, 0.2) is 0 Å². The van der Waals surface area contributed by atoms with Crippen LogP contribution in [0.25, 0.3) is 0 Å². The number of halogens is 1. The lowest BCUT2D eigenvalue weighted by atomic mass is 10.1. The Hall–Kier alpha value is -1.59. The molecule has 118 valence electrons. The molecule has 5 nitrogen and oxygen atoms in total. The topological polar surface area (TPSA) is 52.7 Å². The van der Waals surface area contributed by atoms with Crippen LogP contribution in [0.3, 0.4) is 0 Å². The fourth-order valence-electron chi connectivity index (χ4n) is 3.01. The molecule has 0 radical (unpaired) electrons. The van der Waals surface area contributed by atoms with E-state index in [0.717, 1.165) is 30.2 Å². The molecule has 0 bridgehead atoms. The van der Waals surface area contributed by atoms with Crippen LogP contribution in [0, 0.1) is 0 Å². The Kier molecular flexibility index (Phi) is 4.64. The van der Waals surface area contributed by atoms with Gasteiger partial charge in [0, 0.05) is 44.2 Å². The van der Waals surface area contributed by atoms with Crippen LogP contribution >= 0.6 is 11.6 Å². The molecule has 0 spiro atoms. The zero-order chi connectivity index (χ0) is 15.5. The molecule has 1 atom stereocenters. The van der Waals surface area contributed by atoms with E-state index < -0.39 is 0 Å². The summed E-state index contributed by atoms with van der Waals surface area (Å²) in [5.41, 5.74) is 1.12. The van der Waals surface area contributed by atoms with Crippen molar-refractivity contribution in [3.05, 3.63) is 34.9 Å². The van der Waals surface area contributed by atoms with E-state index in [1.165, 1.54) is 0 Å². The molecule has 0 aromatic heterocycles. The third-order valence-corrected chi connectivity index (χ3v) is 4.70. The standard InChI is InChI=1S/C16H20ClN3O2/c17-13-4-2-1-3-12(13)11-19-7-9-20(10-8-19)16(22)14-5-6-15(21)18-14/h1-4,14H,5-11H2,(H,18,21). The molecule has 6 heteroatoms. The summed E-state index contributed by atoms with van der Waals surface area (Å²) >= 11 is 6.19. The van der Waals surface area contributed by atoms with Crippen molar-refractivity contribution in [3.63, 3.8) is 0 Å². The fraction of sp³-hybridized carbons (Fsp3) is 0.500. The fourth-order valence-corrected chi connectivity index (χ4v) is 3.21. The zero-order valence-electron chi connectivity index (χ0n) is 12.4. The minimum Gasteiger partial charge on any atom is -0.344 e. The number of nitrogens with one attached hydrogen (secondary N) is 1. The number of carbonyl (C=O) groups is 2. The van der Waals surface area contributed by atoms with Crippen molar-refractivity contribution in [2.45, 2.75) is 25.4 Å². The predicted octanol–water partition coefficient (Wildman–Crippen LogP) is 1.26. The van der Waals surface area contributed by atoms with Gasteiger partial charge in [0.1, 0.15) is 6.04 Å². The minimum absolute atomic E-state index is 0.0179. The molecule has 0 saturated carbocycles. The van der Waals surface area contributed by atoms with E-state index in [4.69, 9.17) is 11.6 Å². The molecule has 1 aromatic rings. The van der Waals surface area contributed by atoms with Gasteiger partial charge in [0.2, 0.25) is 11.8 Å². The van der Waals surface area contributed by atoms with Crippen molar-refractivity contribution in [2.24, 2.45) is 0 Å². The first-order valence-corrected chi connectivity index (χ1v) is 8.05. The third kappa shape index (κ3) is 3.42. The molecule has 2 heterocycles. The summed E-state index contributed by atoms with van der Waals surface area (Å²) in [6.45, 7) is 3.88. The number of piperazine rings is 1. The van der Waals surface area contributed by atoms with Gasteiger partial charge >= 0.3 is 0 Å². The van der Waals surface area contributed by atoms with Crippen molar-refractivity contribution in [2.75, 3.05) is 26.2 Å². The number of carbonyl (C=O) groups excluding carboxylic acids is 2. The van der Waals surface area contributed by atoms with E-state index in [-0.39, 0.29) is 17.9 Å². The summed E-state index contributed by atoms with van der Waals surface area (Å²) in [5, 5.41) is 3.53. The number of hydrogen-bond donors (Lipinski definition) is 1. The average Bonchev–Trinajstić information content (AvgIpc) is 2.96. The smallest absolute Gasteiger partial charge is 0.245 e. The zero-order valence-corrected chi connectivity index (χ0v) is 13.2. The van der Waals surface area contributed by atoms with Crippen LogP contribution < -0.4 is 5.32 Å². The second-order valence-electron chi connectivity index (χ2n) is 5.85. The highest BCUT2D eigenvalue weighted by molar-refractivity contribution is 6.31. The van der Waals surface area contributed by atoms with E-state index in [9.17, 15) is 9.59 Å². The van der Waals surface area contributed by atoms with Crippen LogP contribution in [0.4, 0.5) is 0 Å². The van der Waals surface area contributed by atoms with E-state index in [2.05, 4.69) is 10.2 Å². The summed E-state index contributed by atoms with van der Waals surface area (Å²) in [6, 6.07) is 7.54. The summed E-state index contributed by atoms with van der Waals surface area (Å²) in [6.07, 6.45) is 1.08. The van der Waals surface area contributed by atoms with Gasteiger partial charge in [0.05, 0.1) is 0 Å². The van der Waals surface area contributed by atoms with Crippen molar-refractivity contribution < 1.29 is 9.59 Å². The third-order valence-electron chi connectivity index (χ3n) is 4.33. The first-order valence-electron chi connectivity index (χ1n) is 7.67. The Bertz CT molecular complexity index is 570. The van der Waals surface area contributed by atoms with E-state index in [0.29, 0.717) is 25.9 Å². The molecular weight excluding hydrogens is 302 g/mol. The highest BCUT2D eigenvalue weighted by atomic mass is 35.5. The Labute approximate surface area is 135 Å². The quantitative estimate of drug-likeness (QED) is 0.912. The van der Waals surface area contributed by atoms with Gasteiger partial charge in [0.25, 0.3) is 0 Å². The summed E-state index contributed by atoms with van der Waals surface area (Å²) < 4.78 is 0. The van der Waals surface area contributed by atoms with Gasteiger partial charge in [-0.15, -0.1) is 0 Å². The van der Waals surface area contributed by atoms with Crippen LogP contribution in [0.2, 0.25) is 5.02 Å². The second kappa shape index (κ2) is 6.67. The number of benzene rings is 1. The van der Waals surface area contributed by atoms with Gasteiger partial charge < -0.3 is 10.2 Å². The van der Waals surface area contributed by atoms with Gasteiger partial charge in [-0.2, -0.15) is 0 Å². The lowest BCUT2D eigenvalue weighted by molar-refractivity contribution is -0.136. The number of rotatable bonds is 3. The van der Waals surface area contributed by atoms with Crippen LogP contribution in [0.5, 0.6) is 0 Å². The Morgan fingerprint density at radius 3 is 2.59 bits per heavy atom. The molecule has 3 rings (SSSR count). The Morgan fingerprint density at radius 2 is 1.95 bits per heavy atom. The molecule has 2 aliphatic heterocycles. The van der Waals surface area contributed by atoms with Crippen LogP contribution in [-0.4, -0.2) is 53.8 Å². The Balaban J connectivity index is 1.51. The van der Waals surface area contributed by atoms with Crippen molar-refractivity contribution in [3.8, 4) is 0 Å². The molecule has 1 aromatic carbocycles. The molecule has 1 unspecified atom stereocenters. The van der Waals surface area contributed by atoms with Gasteiger partial charge in [-0.3, -0.25) is 14.5 Å². The molecule has 0 aliphatic carbocycles. The largest absolute Gasteiger partial charge is 0.344 e. The normalized spacial score (nSPS) is 22.7. The van der Waals surface area contributed by atoms with Crippen LogP contribution in [0.15, 0.2) is 24.3 Å². The van der Waals surface area contributed by atoms with E-state index in [1.807, 2.05) is 29.2 Å². The lowest BCUT2D eigenvalue weighted by Crippen LogP contribution is -2.53. The maximum atomic E-state index is 12.3. The number of hydrogen-bond acceptors (Lipinski definition) is 3. The second-order valence-corrected chi connectivity index (χ2v) is 6.26. The molecule has 1 N–H and O–H groups in total. The summed E-state index contributed by atoms with van der Waals surface area (Å²) in [4.78, 5) is 27.7. The van der Waals surface area contributed by atoms with E-state index in [1.54, 1.807) is 0 Å². The van der Waals surface area contributed by atoms with Crippen molar-refractivity contribution in [1.82, 2.24) is 15.1 Å². The lowest BCUT2D eigenvalue weighted by Gasteiger charge is -2.36. The Morgan fingerprint density at radius 1 is 1.23 bits per heavy atom. The maximum absolute atomic E-state index is 12.3. The van der Waals surface area contributed by atoms with Crippen molar-refractivity contribution >= 4 is 23.4 Å². The average molecular weight is 322 g/mol. The molecule has 2 amide bonds. The minimum atomic E-state index is -0.317. The van der Waals surface area contributed by atoms with Gasteiger partial charge in [-0.1, -0.05) is 29.8 Å². The predicted molar refractivity (Wildman–Crippen MR) is 84.5 cm³/mol. The molecule has 22 heavy (non-hydrogen) atoms. The van der Waals surface area contributed by atoms with Crippen molar-refractivity contribution in [1.29, 1.82) is 0 Å². The first kappa shape index (κ1) is 15.3. The van der Waals surface area contributed by atoms with Crippen LogP contribution in [0.1, 0.15) is 18.4 Å². The number of amides is 2. The molecular formula is C16H20ClN3O2. The van der Waals surface area contributed by atoms with Gasteiger partial charge in [-0.25, -0.2) is 0 Å². The first-order chi connectivity index (χ1) is 10.6. The monoisotopic (exact) mass is 321 g/mol. The van der Waals surface area contributed by atoms with Gasteiger partial charge in [-0.05, 0) is 18.1 Å².